The molecule has 0 aliphatic rings. The van der Waals surface area contributed by atoms with Crippen LogP contribution in [-0.2, 0) is 0 Å². The minimum absolute atomic E-state index is 0.421. The summed E-state index contributed by atoms with van der Waals surface area (Å²) < 4.78 is 0.421. The summed E-state index contributed by atoms with van der Waals surface area (Å²) in [7, 11) is 0. The van der Waals surface area contributed by atoms with Gasteiger partial charge in [0.2, 0.25) is 0 Å². The van der Waals surface area contributed by atoms with Gasteiger partial charge < -0.3 is 0 Å². The van der Waals surface area contributed by atoms with Gasteiger partial charge in [0.1, 0.15) is 0 Å². The van der Waals surface area contributed by atoms with Crippen LogP contribution in [0.25, 0.3) is 0 Å². The molecule has 0 bridgehead atoms. The second-order valence-corrected chi connectivity index (χ2v) is 4.31. The summed E-state index contributed by atoms with van der Waals surface area (Å²) in [5.74, 6) is 0. The molecule has 0 nitrogen and oxygen atoms in total. The van der Waals surface area contributed by atoms with Crippen LogP contribution in [0.3, 0.4) is 0 Å². The van der Waals surface area contributed by atoms with E-state index in [2.05, 4.69) is 65.4 Å². The third-order valence-electron chi connectivity index (χ3n) is 2.23. The fourth-order valence-electron chi connectivity index (χ4n) is 1.46. The van der Waals surface area contributed by atoms with Gasteiger partial charge in [-0.25, -0.2) is 0 Å². The van der Waals surface area contributed by atoms with Crippen LogP contribution in [0.1, 0.15) is 15.8 Å². The van der Waals surface area contributed by atoms with E-state index in [1.54, 1.807) is 0 Å². The summed E-state index contributed by atoms with van der Waals surface area (Å²) in [4.78, 5) is 0. The van der Waals surface area contributed by atoms with Gasteiger partial charge in [0.15, 0.2) is 0 Å². The summed E-state index contributed by atoms with van der Waals surface area (Å²) in [6, 6.07) is 21.1. The third kappa shape index (κ3) is 2.08. The number of hydrogen-bond donors (Lipinski definition) is 0. The number of benzene rings is 2. The van der Waals surface area contributed by atoms with Gasteiger partial charge in [-0.1, -0.05) is 0 Å². The average Bonchev–Trinajstić information content (AvgIpc) is 2.30. The van der Waals surface area contributed by atoms with E-state index >= 15 is 0 Å². The van der Waals surface area contributed by atoms with E-state index in [-0.39, 0.29) is 0 Å². The van der Waals surface area contributed by atoms with Gasteiger partial charge in [-0.2, -0.15) is 0 Å². The Bertz CT molecular complexity index is 341. The van der Waals surface area contributed by atoms with Crippen molar-refractivity contribution in [3.8, 4) is 0 Å². The van der Waals surface area contributed by atoms with Gasteiger partial charge in [-0.3, -0.25) is 0 Å². The van der Waals surface area contributed by atoms with Crippen LogP contribution in [0, 0.1) is 0 Å². The molecule has 0 saturated heterocycles. The first-order chi connectivity index (χ1) is 6.88. The molecule has 2 aromatic rings. The summed E-state index contributed by atoms with van der Waals surface area (Å²) in [6.07, 6.45) is 0. The van der Waals surface area contributed by atoms with Crippen LogP contribution in [0.4, 0.5) is 0 Å². The van der Waals surface area contributed by atoms with Gasteiger partial charge in [-0.05, 0) is 0 Å². The minimum atomic E-state index is 0.421. The first-order valence-corrected chi connectivity index (χ1v) is 5.74. The van der Waals surface area contributed by atoms with E-state index < -0.39 is 0 Å². The molecule has 68 valence electrons. The van der Waals surface area contributed by atoms with Crippen molar-refractivity contribution in [2.24, 2.45) is 0 Å². The van der Waals surface area contributed by atoms with Crippen molar-refractivity contribution >= 4 is 16.9 Å². The Labute approximate surface area is 93.5 Å². The molecule has 0 aromatic heterocycles. The first kappa shape index (κ1) is 9.55. The van der Waals surface area contributed by atoms with E-state index in [4.69, 9.17) is 0 Å². The summed E-state index contributed by atoms with van der Waals surface area (Å²) in [6.45, 7) is 0. The Kier molecular flexibility index (Phi) is 3.06. The fourth-order valence-corrected chi connectivity index (χ4v) is 2.19. The molecule has 14 heavy (non-hydrogen) atoms. The topological polar surface area (TPSA) is 0 Å². The molecule has 0 atom stereocenters. The quantitative estimate of drug-likeness (QED) is 0.710. The van der Waals surface area contributed by atoms with E-state index in [0.29, 0.717) is 4.71 Å². The molecule has 0 amide bonds. The van der Waals surface area contributed by atoms with E-state index in [9.17, 15) is 0 Å². The molecule has 0 fully saturated rings. The predicted molar refractivity (Wildman–Crippen MR) is 60.5 cm³/mol. The molecule has 1 heteroatoms. The Morgan fingerprint density at radius 1 is 0.643 bits per heavy atom. The van der Waals surface area contributed by atoms with Crippen LogP contribution < -0.4 is 0 Å². The Hall–Kier alpha value is -1.00. The number of rotatable bonds is 2. The molecule has 0 aliphatic heterocycles. The van der Waals surface area contributed by atoms with Crippen molar-refractivity contribution < 1.29 is 0 Å². The van der Waals surface area contributed by atoms with Crippen LogP contribution >= 0.6 is 0 Å². The summed E-state index contributed by atoms with van der Waals surface area (Å²) in [5, 5.41) is 0. The van der Waals surface area contributed by atoms with Crippen molar-refractivity contribution in [2.45, 2.75) is 4.71 Å². The van der Waals surface area contributed by atoms with Crippen LogP contribution in [0.5, 0.6) is 0 Å². The summed E-state index contributed by atoms with van der Waals surface area (Å²) >= 11 is 2.73. The Balaban J connectivity index is 2.30. The SMILES string of the molecule is [As]C(c1ccccc1)c1ccccc1. The van der Waals surface area contributed by atoms with Crippen molar-refractivity contribution in [1.29, 1.82) is 0 Å². The molecule has 0 unspecified atom stereocenters. The van der Waals surface area contributed by atoms with Gasteiger partial charge in [0.25, 0.3) is 0 Å². The maximum atomic E-state index is 2.73. The molecule has 0 N–H and O–H groups in total. The Morgan fingerprint density at radius 2 is 1.00 bits per heavy atom. The maximum absolute atomic E-state index is 2.73. The fraction of sp³-hybridized carbons (Fsp3) is 0.0769. The predicted octanol–water partition coefficient (Wildman–Crippen LogP) is 2.94. The number of hydrogen-bond acceptors (Lipinski definition) is 0. The van der Waals surface area contributed by atoms with Crippen molar-refractivity contribution in [3.63, 3.8) is 0 Å². The zero-order valence-corrected chi connectivity index (χ0v) is 9.67. The van der Waals surface area contributed by atoms with Crippen LogP contribution in [0.15, 0.2) is 60.7 Å². The van der Waals surface area contributed by atoms with E-state index in [1.165, 1.54) is 11.1 Å². The molecular weight excluding hydrogens is 231 g/mol. The zero-order chi connectivity index (χ0) is 9.80. The zero-order valence-electron chi connectivity index (χ0n) is 7.80. The Morgan fingerprint density at radius 3 is 1.36 bits per heavy atom. The van der Waals surface area contributed by atoms with Gasteiger partial charge in [0, 0.05) is 0 Å². The second kappa shape index (κ2) is 4.48. The van der Waals surface area contributed by atoms with Gasteiger partial charge in [-0.15, -0.1) is 0 Å². The van der Waals surface area contributed by atoms with Crippen LogP contribution in [-0.4, -0.2) is 16.9 Å². The van der Waals surface area contributed by atoms with Gasteiger partial charge >= 0.3 is 93.3 Å². The molecular formula is C13H11As. The van der Waals surface area contributed by atoms with E-state index in [1.807, 2.05) is 12.1 Å². The van der Waals surface area contributed by atoms with Crippen molar-refractivity contribution in [2.75, 3.05) is 0 Å². The molecule has 2 aromatic carbocycles. The van der Waals surface area contributed by atoms with Crippen molar-refractivity contribution in [1.82, 2.24) is 0 Å². The molecule has 2 radical (unpaired) electrons. The van der Waals surface area contributed by atoms with E-state index in [0.717, 1.165) is 0 Å². The van der Waals surface area contributed by atoms with Crippen molar-refractivity contribution in [3.05, 3.63) is 71.8 Å². The summed E-state index contributed by atoms with van der Waals surface area (Å²) in [5.41, 5.74) is 2.69. The third-order valence-corrected chi connectivity index (χ3v) is 3.48. The molecule has 0 spiro atoms. The van der Waals surface area contributed by atoms with Gasteiger partial charge in [0.05, 0.1) is 0 Å². The normalized spacial score (nSPS) is 10.4. The molecule has 0 saturated carbocycles. The monoisotopic (exact) mass is 242 g/mol. The standard InChI is InChI=1S/C13H11As/c14-13(11-7-3-1-4-8-11)12-9-5-2-6-10-12/h1-10,13H. The van der Waals surface area contributed by atoms with Crippen LogP contribution in [0.2, 0.25) is 0 Å². The molecule has 0 heterocycles. The first-order valence-electron chi connectivity index (χ1n) is 4.66. The molecule has 2 rings (SSSR count). The average molecular weight is 242 g/mol. The molecule has 0 aliphatic carbocycles. The second-order valence-electron chi connectivity index (χ2n) is 3.22.